The van der Waals surface area contributed by atoms with Gasteiger partial charge >= 0.3 is 10.2 Å². The Bertz CT molecular complexity index is 731. The fraction of sp³-hybridized carbons (Fsp3) is 0.231. The second kappa shape index (κ2) is 6.06. The predicted molar refractivity (Wildman–Crippen MR) is 82.7 cm³/mol. The van der Waals surface area contributed by atoms with Crippen LogP contribution in [-0.2, 0) is 10.2 Å². The molecule has 2 rings (SSSR count). The van der Waals surface area contributed by atoms with Crippen LogP contribution in [0.25, 0.3) is 0 Å². The lowest BCUT2D eigenvalue weighted by atomic mass is 10.3. The van der Waals surface area contributed by atoms with Gasteiger partial charge in [-0.1, -0.05) is 6.07 Å². The summed E-state index contributed by atoms with van der Waals surface area (Å²) >= 11 is 0. The van der Waals surface area contributed by atoms with Gasteiger partial charge in [0.05, 0.1) is 5.69 Å². The molecule has 0 bridgehead atoms. The van der Waals surface area contributed by atoms with Crippen molar-refractivity contribution in [1.29, 1.82) is 0 Å². The molecule has 21 heavy (non-hydrogen) atoms. The van der Waals surface area contributed by atoms with Gasteiger partial charge in [0, 0.05) is 31.5 Å². The Labute approximate surface area is 124 Å². The summed E-state index contributed by atoms with van der Waals surface area (Å²) < 4.78 is 27.2. The molecule has 0 spiro atoms. The summed E-state index contributed by atoms with van der Waals surface area (Å²) in [6.07, 6.45) is 1.47. The molecule has 0 saturated carbocycles. The molecule has 0 amide bonds. The Morgan fingerprint density at radius 1 is 1.10 bits per heavy atom. The van der Waals surface area contributed by atoms with Gasteiger partial charge in [0.25, 0.3) is 0 Å². The fourth-order valence-electron chi connectivity index (χ4n) is 1.57. The second-order valence-electron chi connectivity index (χ2n) is 4.64. The van der Waals surface area contributed by atoms with Crippen LogP contribution in [0.2, 0.25) is 0 Å². The fourth-order valence-corrected chi connectivity index (χ4v) is 2.18. The van der Waals surface area contributed by atoms with Crippen LogP contribution in [0.4, 0.5) is 17.2 Å². The van der Waals surface area contributed by atoms with Crippen LogP contribution in [-0.4, -0.2) is 36.8 Å². The van der Waals surface area contributed by atoms with E-state index in [1.807, 2.05) is 13.0 Å². The molecule has 112 valence electrons. The normalized spacial score (nSPS) is 11.4. The molecule has 0 radical (unpaired) electrons. The van der Waals surface area contributed by atoms with Gasteiger partial charge in [0.15, 0.2) is 0 Å². The van der Waals surface area contributed by atoms with Crippen molar-refractivity contribution >= 4 is 27.4 Å². The van der Waals surface area contributed by atoms with E-state index in [2.05, 4.69) is 20.0 Å². The zero-order chi connectivity index (χ0) is 15.5. The van der Waals surface area contributed by atoms with Crippen molar-refractivity contribution in [3.8, 4) is 0 Å². The van der Waals surface area contributed by atoms with E-state index in [0.29, 0.717) is 11.5 Å². The molecule has 0 aliphatic heterocycles. The van der Waals surface area contributed by atoms with Crippen LogP contribution in [0.1, 0.15) is 5.69 Å². The van der Waals surface area contributed by atoms with E-state index in [1.54, 1.807) is 24.3 Å². The summed E-state index contributed by atoms with van der Waals surface area (Å²) in [5.41, 5.74) is 2.04. The first-order valence-electron chi connectivity index (χ1n) is 6.23. The number of nitrogens with zero attached hydrogens (tertiary/aromatic N) is 3. The van der Waals surface area contributed by atoms with Gasteiger partial charge in [-0.2, -0.15) is 12.7 Å². The highest BCUT2D eigenvalue weighted by Crippen LogP contribution is 2.20. The highest BCUT2D eigenvalue weighted by atomic mass is 32.2. The Morgan fingerprint density at radius 3 is 2.48 bits per heavy atom. The first-order chi connectivity index (χ1) is 9.87. The molecule has 7 nitrogen and oxygen atoms in total. The van der Waals surface area contributed by atoms with Crippen molar-refractivity contribution < 1.29 is 8.42 Å². The van der Waals surface area contributed by atoms with Gasteiger partial charge in [-0.25, -0.2) is 9.97 Å². The summed E-state index contributed by atoms with van der Waals surface area (Å²) in [6, 6.07) is 8.75. The Morgan fingerprint density at radius 2 is 1.81 bits per heavy atom. The SMILES string of the molecule is Cc1cc(Nc2cccc(NS(=O)(=O)N(C)C)c2)ncn1. The van der Waals surface area contributed by atoms with Crippen molar-refractivity contribution in [3.63, 3.8) is 0 Å². The zero-order valence-corrected chi connectivity index (χ0v) is 12.8. The molecule has 0 aliphatic rings. The third-order valence-electron chi connectivity index (χ3n) is 2.67. The van der Waals surface area contributed by atoms with E-state index < -0.39 is 10.2 Å². The average molecular weight is 307 g/mol. The molecular formula is C13H17N5O2S. The van der Waals surface area contributed by atoms with E-state index in [0.717, 1.165) is 15.7 Å². The van der Waals surface area contributed by atoms with Crippen LogP contribution in [0.5, 0.6) is 0 Å². The van der Waals surface area contributed by atoms with E-state index >= 15 is 0 Å². The van der Waals surface area contributed by atoms with Crippen LogP contribution in [0.15, 0.2) is 36.7 Å². The minimum Gasteiger partial charge on any atom is -0.340 e. The number of aromatic nitrogens is 2. The molecule has 1 aromatic carbocycles. The molecule has 0 unspecified atom stereocenters. The van der Waals surface area contributed by atoms with E-state index in [1.165, 1.54) is 20.4 Å². The van der Waals surface area contributed by atoms with Crippen molar-refractivity contribution in [3.05, 3.63) is 42.4 Å². The third kappa shape index (κ3) is 4.14. The molecule has 0 atom stereocenters. The molecule has 0 saturated heterocycles. The summed E-state index contributed by atoms with van der Waals surface area (Å²) in [7, 11) is -0.585. The smallest absolute Gasteiger partial charge is 0.301 e. The van der Waals surface area contributed by atoms with E-state index in [4.69, 9.17) is 0 Å². The van der Waals surface area contributed by atoms with Crippen LogP contribution >= 0.6 is 0 Å². The maximum Gasteiger partial charge on any atom is 0.301 e. The van der Waals surface area contributed by atoms with Gasteiger partial charge in [0.1, 0.15) is 12.1 Å². The zero-order valence-electron chi connectivity index (χ0n) is 12.0. The Kier molecular flexibility index (Phi) is 4.39. The first kappa shape index (κ1) is 15.2. The van der Waals surface area contributed by atoms with Crippen molar-refractivity contribution in [2.75, 3.05) is 24.1 Å². The van der Waals surface area contributed by atoms with Crippen LogP contribution in [0, 0.1) is 6.92 Å². The highest BCUT2D eigenvalue weighted by Gasteiger charge is 2.12. The van der Waals surface area contributed by atoms with Crippen molar-refractivity contribution in [1.82, 2.24) is 14.3 Å². The van der Waals surface area contributed by atoms with Crippen LogP contribution < -0.4 is 10.0 Å². The van der Waals surface area contributed by atoms with Gasteiger partial charge in [0.2, 0.25) is 0 Å². The van der Waals surface area contributed by atoms with Crippen molar-refractivity contribution in [2.24, 2.45) is 0 Å². The topological polar surface area (TPSA) is 87.2 Å². The van der Waals surface area contributed by atoms with Gasteiger partial charge < -0.3 is 5.32 Å². The maximum absolute atomic E-state index is 11.8. The number of hydrogen-bond donors (Lipinski definition) is 2. The lowest BCUT2D eigenvalue weighted by Gasteiger charge is -2.14. The molecule has 8 heteroatoms. The Hall–Kier alpha value is -2.19. The monoisotopic (exact) mass is 307 g/mol. The number of nitrogens with one attached hydrogen (secondary N) is 2. The molecular weight excluding hydrogens is 290 g/mol. The van der Waals surface area contributed by atoms with Crippen molar-refractivity contribution in [2.45, 2.75) is 6.92 Å². The lowest BCUT2D eigenvalue weighted by molar-refractivity contribution is 0.527. The number of aryl methyl sites for hydroxylation is 1. The molecule has 1 aromatic heterocycles. The third-order valence-corrected chi connectivity index (χ3v) is 4.12. The second-order valence-corrected chi connectivity index (χ2v) is 6.52. The number of benzene rings is 1. The standard InChI is InChI=1S/C13H17N5O2S/c1-10-7-13(15-9-14-10)16-11-5-4-6-12(8-11)17-21(19,20)18(2)3/h4-9,17H,1-3H3,(H,14,15,16). The maximum atomic E-state index is 11.8. The molecule has 1 heterocycles. The Balaban J connectivity index is 2.18. The first-order valence-corrected chi connectivity index (χ1v) is 7.67. The summed E-state index contributed by atoms with van der Waals surface area (Å²) in [5.74, 6) is 0.648. The van der Waals surface area contributed by atoms with Gasteiger partial charge in [-0.05, 0) is 25.1 Å². The van der Waals surface area contributed by atoms with E-state index in [9.17, 15) is 8.42 Å². The number of hydrogen-bond acceptors (Lipinski definition) is 5. The molecule has 0 fully saturated rings. The molecule has 2 aromatic rings. The molecule has 2 N–H and O–H groups in total. The number of rotatable bonds is 5. The molecule has 0 aliphatic carbocycles. The van der Waals surface area contributed by atoms with Crippen LogP contribution in [0.3, 0.4) is 0 Å². The van der Waals surface area contributed by atoms with Gasteiger partial charge in [-0.3, -0.25) is 4.72 Å². The summed E-state index contributed by atoms with van der Waals surface area (Å²) in [6.45, 7) is 1.87. The quantitative estimate of drug-likeness (QED) is 0.878. The largest absolute Gasteiger partial charge is 0.340 e. The highest BCUT2D eigenvalue weighted by molar-refractivity contribution is 7.90. The van der Waals surface area contributed by atoms with Gasteiger partial charge in [-0.15, -0.1) is 0 Å². The number of anilines is 3. The summed E-state index contributed by atoms with van der Waals surface area (Å²) in [4.78, 5) is 8.12. The predicted octanol–water partition coefficient (Wildman–Crippen LogP) is 1.75. The minimum absolute atomic E-state index is 0.472. The minimum atomic E-state index is -3.52. The lowest BCUT2D eigenvalue weighted by Crippen LogP contribution is -2.28. The van der Waals surface area contributed by atoms with E-state index in [-0.39, 0.29) is 0 Å². The summed E-state index contributed by atoms with van der Waals surface area (Å²) in [5, 5.41) is 3.10. The average Bonchev–Trinajstić information content (AvgIpc) is 2.38.